The Bertz CT molecular complexity index is 283. The van der Waals surface area contributed by atoms with Gasteiger partial charge < -0.3 is 10.1 Å². The van der Waals surface area contributed by atoms with Crippen LogP contribution in [0.5, 0.6) is 0 Å². The summed E-state index contributed by atoms with van der Waals surface area (Å²) in [7, 11) is 1.73. The average molecular weight is 208 g/mol. The highest BCUT2D eigenvalue weighted by atomic mass is 16.5. The lowest BCUT2D eigenvalue weighted by Gasteiger charge is -2.17. The van der Waals surface area contributed by atoms with Crippen molar-refractivity contribution in [3.05, 3.63) is 23.9 Å². The van der Waals surface area contributed by atoms with E-state index in [0.717, 1.165) is 25.3 Å². The van der Waals surface area contributed by atoms with Gasteiger partial charge in [-0.1, -0.05) is 13.3 Å². The molecule has 0 aromatic carbocycles. The Morgan fingerprint density at radius 1 is 1.53 bits per heavy atom. The number of aryl methyl sites for hydroxylation is 1. The average Bonchev–Trinajstić information content (AvgIpc) is 2.18. The van der Waals surface area contributed by atoms with Crippen molar-refractivity contribution in [2.75, 3.05) is 19.0 Å². The summed E-state index contributed by atoms with van der Waals surface area (Å²) in [6, 6.07) is 4.41. The van der Waals surface area contributed by atoms with Gasteiger partial charge in [0.1, 0.15) is 5.82 Å². The summed E-state index contributed by atoms with van der Waals surface area (Å²) < 4.78 is 5.17. The number of nitrogens with one attached hydrogen (secondary N) is 1. The van der Waals surface area contributed by atoms with E-state index in [1.165, 1.54) is 5.56 Å². The van der Waals surface area contributed by atoms with Crippen LogP contribution in [0, 0.1) is 6.92 Å². The van der Waals surface area contributed by atoms with E-state index < -0.39 is 0 Å². The van der Waals surface area contributed by atoms with Crippen LogP contribution in [0.25, 0.3) is 0 Å². The molecule has 0 spiro atoms. The molecule has 1 aromatic rings. The number of hydrogen-bond donors (Lipinski definition) is 1. The molecule has 0 aliphatic heterocycles. The lowest BCUT2D eigenvalue weighted by atomic mass is 10.2. The Labute approximate surface area is 91.9 Å². The van der Waals surface area contributed by atoms with Crippen molar-refractivity contribution in [1.82, 2.24) is 4.98 Å². The highest BCUT2D eigenvalue weighted by molar-refractivity contribution is 5.37. The van der Waals surface area contributed by atoms with Crippen molar-refractivity contribution in [2.45, 2.75) is 32.7 Å². The fourth-order valence-electron chi connectivity index (χ4n) is 1.57. The maximum atomic E-state index is 5.17. The summed E-state index contributed by atoms with van der Waals surface area (Å²) in [5, 5.41) is 3.39. The van der Waals surface area contributed by atoms with Crippen LogP contribution >= 0.6 is 0 Å². The normalized spacial score (nSPS) is 12.5. The second kappa shape index (κ2) is 6.40. The van der Waals surface area contributed by atoms with Gasteiger partial charge in [0.2, 0.25) is 0 Å². The molecule has 0 fully saturated rings. The van der Waals surface area contributed by atoms with Gasteiger partial charge in [-0.25, -0.2) is 4.98 Å². The Balaban J connectivity index is 2.56. The molecule has 3 nitrogen and oxygen atoms in total. The van der Waals surface area contributed by atoms with Crippen molar-refractivity contribution >= 4 is 5.82 Å². The summed E-state index contributed by atoms with van der Waals surface area (Å²) in [4.78, 5) is 4.28. The molecule has 1 atom stereocenters. The first-order valence-corrected chi connectivity index (χ1v) is 5.44. The van der Waals surface area contributed by atoms with Gasteiger partial charge in [0.05, 0.1) is 12.6 Å². The van der Waals surface area contributed by atoms with Crippen LogP contribution in [0.3, 0.4) is 0 Å². The molecule has 3 heteroatoms. The minimum Gasteiger partial charge on any atom is -0.383 e. The monoisotopic (exact) mass is 208 g/mol. The summed E-state index contributed by atoms with van der Waals surface area (Å²) >= 11 is 0. The van der Waals surface area contributed by atoms with E-state index in [-0.39, 0.29) is 0 Å². The molecule has 1 rings (SSSR count). The largest absolute Gasteiger partial charge is 0.383 e. The number of anilines is 1. The number of nitrogens with zero attached hydrogens (tertiary/aromatic N) is 1. The number of methoxy groups -OCH3 is 1. The van der Waals surface area contributed by atoms with Gasteiger partial charge in [0.15, 0.2) is 0 Å². The van der Waals surface area contributed by atoms with E-state index in [0.29, 0.717) is 6.04 Å². The summed E-state index contributed by atoms with van der Waals surface area (Å²) in [5.74, 6) is 0.936. The maximum absolute atomic E-state index is 5.17. The van der Waals surface area contributed by atoms with Crippen molar-refractivity contribution in [3.63, 3.8) is 0 Å². The first-order chi connectivity index (χ1) is 7.26. The van der Waals surface area contributed by atoms with Gasteiger partial charge in [-0.15, -0.1) is 0 Å². The van der Waals surface area contributed by atoms with Crippen molar-refractivity contribution in [3.8, 4) is 0 Å². The van der Waals surface area contributed by atoms with Crippen LogP contribution < -0.4 is 5.32 Å². The lowest BCUT2D eigenvalue weighted by molar-refractivity contribution is 0.182. The van der Waals surface area contributed by atoms with Crippen LogP contribution in [0.4, 0.5) is 5.82 Å². The topological polar surface area (TPSA) is 34.1 Å². The molecule has 84 valence electrons. The van der Waals surface area contributed by atoms with Crippen molar-refractivity contribution in [2.24, 2.45) is 0 Å². The number of ether oxygens (including phenoxy) is 1. The van der Waals surface area contributed by atoms with Gasteiger partial charge in [0, 0.05) is 13.3 Å². The van der Waals surface area contributed by atoms with E-state index in [1.54, 1.807) is 7.11 Å². The van der Waals surface area contributed by atoms with Crippen molar-refractivity contribution < 1.29 is 4.74 Å². The Hall–Kier alpha value is -1.09. The molecule has 0 aliphatic carbocycles. The minimum atomic E-state index is 0.356. The van der Waals surface area contributed by atoms with Gasteiger partial charge in [0.25, 0.3) is 0 Å². The quantitative estimate of drug-likeness (QED) is 0.780. The van der Waals surface area contributed by atoms with E-state index in [1.807, 2.05) is 12.3 Å². The predicted molar refractivity (Wildman–Crippen MR) is 63.2 cm³/mol. The first-order valence-electron chi connectivity index (χ1n) is 5.44. The molecule has 0 aliphatic rings. The molecule has 0 bridgehead atoms. The smallest absolute Gasteiger partial charge is 0.126 e. The number of hydrogen-bond acceptors (Lipinski definition) is 3. The third-order valence-electron chi connectivity index (χ3n) is 2.27. The highest BCUT2D eigenvalue weighted by Gasteiger charge is 2.07. The predicted octanol–water partition coefficient (Wildman–Crippen LogP) is 2.62. The van der Waals surface area contributed by atoms with Gasteiger partial charge in [-0.05, 0) is 31.0 Å². The minimum absolute atomic E-state index is 0.356. The van der Waals surface area contributed by atoms with Crippen LogP contribution in [-0.2, 0) is 4.74 Å². The van der Waals surface area contributed by atoms with Crippen LogP contribution in [0.15, 0.2) is 18.3 Å². The molecular weight excluding hydrogens is 188 g/mol. The molecular formula is C12H20N2O. The molecule has 1 N–H and O–H groups in total. The van der Waals surface area contributed by atoms with Gasteiger partial charge in [-0.2, -0.15) is 0 Å². The molecule has 0 saturated carbocycles. The highest BCUT2D eigenvalue weighted by Crippen LogP contribution is 2.09. The second-order valence-electron chi connectivity index (χ2n) is 3.80. The molecule has 0 radical (unpaired) electrons. The number of pyridine rings is 1. The Morgan fingerprint density at radius 2 is 2.33 bits per heavy atom. The zero-order valence-corrected chi connectivity index (χ0v) is 9.79. The van der Waals surface area contributed by atoms with Crippen LogP contribution in [0.1, 0.15) is 25.3 Å². The fraction of sp³-hybridized carbons (Fsp3) is 0.583. The lowest BCUT2D eigenvalue weighted by Crippen LogP contribution is -2.25. The first kappa shape index (κ1) is 12.0. The molecule has 1 aromatic heterocycles. The molecule has 15 heavy (non-hydrogen) atoms. The van der Waals surface area contributed by atoms with Gasteiger partial charge >= 0.3 is 0 Å². The third-order valence-corrected chi connectivity index (χ3v) is 2.27. The number of aromatic nitrogens is 1. The molecule has 0 saturated heterocycles. The molecule has 0 amide bonds. The zero-order chi connectivity index (χ0) is 11.1. The summed E-state index contributed by atoms with van der Waals surface area (Å²) in [6.07, 6.45) is 4.07. The van der Waals surface area contributed by atoms with E-state index in [4.69, 9.17) is 4.74 Å². The van der Waals surface area contributed by atoms with E-state index >= 15 is 0 Å². The fourth-order valence-corrected chi connectivity index (χ4v) is 1.57. The van der Waals surface area contributed by atoms with Crippen LogP contribution in [0.2, 0.25) is 0 Å². The molecule has 1 heterocycles. The second-order valence-corrected chi connectivity index (χ2v) is 3.80. The van der Waals surface area contributed by atoms with E-state index in [2.05, 4.69) is 30.2 Å². The number of rotatable bonds is 6. The standard InChI is InChI=1S/C12H20N2O/c1-4-5-11(9-15-3)14-12-8-10(2)6-7-13-12/h6-8,11H,4-5,9H2,1-3H3,(H,13,14). The molecule has 1 unspecified atom stereocenters. The maximum Gasteiger partial charge on any atom is 0.126 e. The Morgan fingerprint density at radius 3 is 2.93 bits per heavy atom. The Kier molecular flexibility index (Phi) is 5.12. The van der Waals surface area contributed by atoms with E-state index in [9.17, 15) is 0 Å². The van der Waals surface area contributed by atoms with Crippen LogP contribution in [-0.4, -0.2) is 24.7 Å². The third kappa shape index (κ3) is 4.30. The van der Waals surface area contributed by atoms with Crippen molar-refractivity contribution in [1.29, 1.82) is 0 Å². The summed E-state index contributed by atoms with van der Waals surface area (Å²) in [6.45, 7) is 4.97. The summed E-state index contributed by atoms with van der Waals surface area (Å²) in [5.41, 5.74) is 1.22. The van der Waals surface area contributed by atoms with Gasteiger partial charge in [-0.3, -0.25) is 0 Å². The SMILES string of the molecule is CCCC(COC)Nc1cc(C)ccn1. The zero-order valence-electron chi connectivity index (χ0n) is 9.79.